The van der Waals surface area contributed by atoms with Crippen LogP contribution in [-0.4, -0.2) is 11.4 Å². The Balaban J connectivity index is 2.21. The lowest BCUT2D eigenvalue weighted by Crippen LogP contribution is -2.47. The number of amides is 1. The Morgan fingerprint density at radius 1 is 0.857 bits per heavy atom. The van der Waals surface area contributed by atoms with Gasteiger partial charge in [-0.05, 0) is 56.9 Å². The Hall–Kier alpha value is -2.09. The molecule has 0 fully saturated rings. The summed E-state index contributed by atoms with van der Waals surface area (Å²) in [7, 11) is 0. The molecule has 1 aliphatic rings. The third-order valence-corrected chi connectivity index (χ3v) is 4.02. The first kappa shape index (κ1) is 13.9. The number of hydrogen-bond acceptors (Lipinski definition) is 1. The maximum Gasteiger partial charge on any atom is 0.259 e. The number of fused-ring (bicyclic) bond motifs is 2. The predicted molar refractivity (Wildman–Crippen MR) is 86.9 cm³/mol. The maximum absolute atomic E-state index is 13.1. The standard InChI is InChI=1S/C19H21NO/c1-19(2,3)20-17-11-7-5-9-15(17)13-12-14-8-4-6-10-16(14)18(20)21/h4-11H,12-13H2,1-3H3. The van der Waals surface area contributed by atoms with Crippen LogP contribution in [0.1, 0.15) is 42.3 Å². The lowest BCUT2D eigenvalue weighted by atomic mass is 9.92. The number of anilines is 1. The molecule has 1 heterocycles. The maximum atomic E-state index is 13.1. The zero-order chi connectivity index (χ0) is 15.0. The number of para-hydroxylation sites is 1. The van der Waals surface area contributed by atoms with Gasteiger partial charge in [-0.3, -0.25) is 4.79 Å². The van der Waals surface area contributed by atoms with Crippen molar-refractivity contribution in [3.05, 3.63) is 65.2 Å². The van der Waals surface area contributed by atoms with Crippen LogP contribution in [0.15, 0.2) is 48.5 Å². The SMILES string of the molecule is CC(C)(C)N1C(=O)c2ccccc2CCc2ccccc21. The molecule has 0 unspecified atom stereocenters. The van der Waals surface area contributed by atoms with E-state index in [0.29, 0.717) is 0 Å². The van der Waals surface area contributed by atoms with Crippen LogP contribution >= 0.6 is 0 Å². The number of nitrogens with zero attached hydrogens (tertiary/aromatic N) is 1. The molecule has 2 nitrogen and oxygen atoms in total. The summed E-state index contributed by atoms with van der Waals surface area (Å²) in [6, 6.07) is 16.2. The predicted octanol–water partition coefficient (Wildman–Crippen LogP) is 4.23. The summed E-state index contributed by atoms with van der Waals surface area (Å²) in [5, 5.41) is 0. The third-order valence-electron chi connectivity index (χ3n) is 4.02. The van der Waals surface area contributed by atoms with Gasteiger partial charge in [0.15, 0.2) is 0 Å². The Morgan fingerprint density at radius 2 is 1.43 bits per heavy atom. The van der Waals surface area contributed by atoms with Gasteiger partial charge in [0.2, 0.25) is 0 Å². The Morgan fingerprint density at radius 3 is 2.14 bits per heavy atom. The van der Waals surface area contributed by atoms with E-state index in [2.05, 4.69) is 45.0 Å². The molecule has 1 aliphatic heterocycles. The molecule has 0 saturated carbocycles. The van der Waals surface area contributed by atoms with Gasteiger partial charge in [-0.25, -0.2) is 0 Å². The molecule has 2 aromatic carbocycles. The molecule has 0 radical (unpaired) electrons. The highest BCUT2D eigenvalue weighted by Crippen LogP contribution is 2.33. The first-order chi connectivity index (χ1) is 9.98. The molecule has 0 saturated heterocycles. The van der Waals surface area contributed by atoms with Crippen molar-refractivity contribution in [1.29, 1.82) is 0 Å². The van der Waals surface area contributed by atoms with Crippen molar-refractivity contribution in [2.75, 3.05) is 4.90 Å². The molecule has 0 N–H and O–H groups in total. The number of benzene rings is 2. The van der Waals surface area contributed by atoms with Gasteiger partial charge < -0.3 is 4.90 Å². The zero-order valence-electron chi connectivity index (χ0n) is 12.9. The average molecular weight is 279 g/mol. The third kappa shape index (κ3) is 2.46. The quantitative estimate of drug-likeness (QED) is 0.706. The van der Waals surface area contributed by atoms with Crippen LogP contribution in [0.2, 0.25) is 0 Å². The molecule has 3 rings (SSSR count). The summed E-state index contributed by atoms with van der Waals surface area (Å²) in [4.78, 5) is 15.1. The van der Waals surface area contributed by atoms with E-state index in [9.17, 15) is 4.79 Å². The Kier molecular flexibility index (Phi) is 3.32. The molecule has 1 amide bonds. The minimum absolute atomic E-state index is 0.102. The van der Waals surface area contributed by atoms with Crippen molar-refractivity contribution < 1.29 is 4.79 Å². The van der Waals surface area contributed by atoms with Crippen molar-refractivity contribution in [1.82, 2.24) is 0 Å². The second-order valence-corrected chi connectivity index (χ2v) is 6.60. The van der Waals surface area contributed by atoms with Gasteiger partial charge in [0, 0.05) is 16.8 Å². The van der Waals surface area contributed by atoms with Gasteiger partial charge in [0.05, 0.1) is 0 Å². The van der Waals surface area contributed by atoms with E-state index in [-0.39, 0.29) is 11.4 Å². The van der Waals surface area contributed by atoms with Crippen LogP contribution in [0, 0.1) is 0 Å². The van der Waals surface area contributed by atoms with Crippen molar-refractivity contribution in [3.8, 4) is 0 Å². The van der Waals surface area contributed by atoms with Crippen LogP contribution < -0.4 is 4.90 Å². The smallest absolute Gasteiger partial charge is 0.259 e. The first-order valence-corrected chi connectivity index (χ1v) is 7.49. The molecule has 2 heteroatoms. The van der Waals surface area contributed by atoms with Crippen LogP contribution in [0.3, 0.4) is 0 Å². The Bertz CT molecular complexity index is 682. The van der Waals surface area contributed by atoms with E-state index in [1.54, 1.807) is 0 Å². The topological polar surface area (TPSA) is 20.3 Å². The minimum atomic E-state index is -0.252. The summed E-state index contributed by atoms with van der Waals surface area (Å²) in [6.07, 6.45) is 1.88. The normalized spacial score (nSPS) is 15.0. The second kappa shape index (κ2) is 5.03. The van der Waals surface area contributed by atoms with Gasteiger partial charge >= 0.3 is 0 Å². The summed E-state index contributed by atoms with van der Waals surface area (Å²) in [6.45, 7) is 6.27. The monoisotopic (exact) mass is 279 g/mol. The zero-order valence-corrected chi connectivity index (χ0v) is 12.9. The average Bonchev–Trinajstić information content (AvgIpc) is 2.43. The fraction of sp³-hybridized carbons (Fsp3) is 0.316. The van der Waals surface area contributed by atoms with E-state index in [1.807, 2.05) is 29.2 Å². The van der Waals surface area contributed by atoms with Crippen LogP contribution in [0.5, 0.6) is 0 Å². The number of rotatable bonds is 0. The minimum Gasteiger partial charge on any atom is -0.303 e. The largest absolute Gasteiger partial charge is 0.303 e. The summed E-state index contributed by atoms with van der Waals surface area (Å²) in [5.74, 6) is 0.102. The lowest BCUT2D eigenvalue weighted by molar-refractivity contribution is 0.0964. The number of carbonyl (C=O) groups is 1. The van der Waals surface area contributed by atoms with Gasteiger partial charge in [-0.1, -0.05) is 36.4 Å². The molecule has 21 heavy (non-hydrogen) atoms. The summed E-state index contributed by atoms with van der Waals surface area (Å²) >= 11 is 0. The van der Waals surface area contributed by atoms with E-state index in [4.69, 9.17) is 0 Å². The van der Waals surface area contributed by atoms with Gasteiger partial charge in [0.1, 0.15) is 0 Å². The molecule has 0 spiro atoms. The van der Waals surface area contributed by atoms with E-state index >= 15 is 0 Å². The molecular formula is C19H21NO. The molecular weight excluding hydrogens is 258 g/mol. The van der Waals surface area contributed by atoms with Crippen molar-refractivity contribution in [3.63, 3.8) is 0 Å². The molecule has 2 aromatic rings. The first-order valence-electron chi connectivity index (χ1n) is 7.49. The van der Waals surface area contributed by atoms with Crippen LogP contribution in [-0.2, 0) is 12.8 Å². The number of hydrogen-bond donors (Lipinski definition) is 0. The number of carbonyl (C=O) groups excluding carboxylic acids is 1. The highest BCUT2D eigenvalue weighted by molar-refractivity contribution is 6.08. The highest BCUT2D eigenvalue weighted by Gasteiger charge is 2.32. The fourth-order valence-electron chi connectivity index (χ4n) is 3.05. The molecule has 0 aromatic heterocycles. The van der Waals surface area contributed by atoms with E-state index in [0.717, 1.165) is 29.7 Å². The van der Waals surface area contributed by atoms with Crippen LogP contribution in [0.25, 0.3) is 0 Å². The fourth-order valence-corrected chi connectivity index (χ4v) is 3.05. The molecule has 108 valence electrons. The highest BCUT2D eigenvalue weighted by atomic mass is 16.2. The van der Waals surface area contributed by atoms with Gasteiger partial charge in [0.25, 0.3) is 5.91 Å². The lowest BCUT2D eigenvalue weighted by Gasteiger charge is -2.38. The second-order valence-electron chi connectivity index (χ2n) is 6.60. The molecule has 0 aliphatic carbocycles. The van der Waals surface area contributed by atoms with Crippen molar-refractivity contribution in [2.24, 2.45) is 0 Å². The van der Waals surface area contributed by atoms with Crippen LogP contribution in [0.4, 0.5) is 5.69 Å². The van der Waals surface area contributed by atoms with E-state index in [1.165, 1.54) is 5.56 Å². The summed E-state index contributed by atoms with van der Waals surface area (Å²) < 4.78 is 0. The Labute approximate surface area is 126 Å². The van der Waals surface area contributed by atoms with E-state index < -0.39 is 0 Å². The molecule has 0 bridgehead atoms. The van der Waals surface area contributed by atoms with Crippen molar-refractivity contribution in [2.45, 2.75) is 39.2 Å². The van der Waals surface area contributed by atoms with Gasteiger partial charge in [-0.15, -0.1) is 0 Å². The van der Waals surface area contributed by atoms with Crippen molar-refractivity contribution >= 4 is 11.6 Å². The number of aryl methyl sites for hydroxylation is 2. The van der Waals surface area contributed by atoms with Gasteiger partial charge in [-0.2, -0.15) is 0 Å². The molecule has 0 atom stereocenters. The summed E-state index contributed by atoms with van der Waals surface area (Å²) in [5.41, 5.74) is 4.02.